The minimum Gasteiger partial charge on any atom is -0.369 e. The first-order valence-corrected chi connectivity index (χ1v) is 9.12. The molecule has 122 valence electrons. The summed E-state index contributed by atoms with van der Waals surface area (Å²) in [6.45, 7) is 1.68. The Morgan fingerprint density at radius 2 is 1.79 bits per heavy atom. The Balaban J connectivity index is 1.60. The van der Waals surface area contributed by atoms with Gasteiger partial charge in [-0.25, -0.2) is 0 Å². The molecule has 0 unspecified atom stereocenters. The lowest BCUT2D eigenvalue weighted by Gasteiger charge is -2.27. The first-order valence-electron chi connectivity index (χ1n) is 8.36. The Hall–Kier alpha value is -1.70. The van der Waals surface area contributed by atoms with Gasteiger partial charge in [0.15, 0.2) is 0 Å². The molecule has 1 aliphatic carbocycles. The van der Waals surface area contributed by atoms with Gasteiger partial charge in [-0.3, -0.25) is 0 Å². The van der Waals surface area contributed by atoms with E-state index in [0.29, 0.717) is 5.92 Å². The van der Waals surface area contributed by atoms with Crippen molar-refractivity contribution in [1.82, 2.24) is 4.90 Å². The van der Waals surface area contributed by atoms with Crippen molar-refractivity contribution in [3.63, 3.8) is 0 Å². The number of halogens is 2. The topological polar surface area (TPSA) is 3.24 Å². The van der Waals surface area contributed by atoms with Crippen molar-refractivity contribution in [2.45, 2.75) is 19.4 Å². The second kappa shape index (κ2) is 6.66. The first-order chi connectivity index (χ1) is 11.7. The Morgan fingerprint density at radius 1 is 1.00 bits per heavy atom. The van der Waals surface area contributed by atoms with Crippen LogP contribution in [-0.2, 0) is 6.54 Å². The summed E-state index contributed by atoms with van der Waals surface area (Å²) in [4.78, 5) is 2.33. The Bertz CT molecular complexity index is 804. The van der Waals surface area contributed by atoms with E-state index >= 15 is 0 Å². The van der Waals surface area contributed by atoms with E-state index in [4.69, 9.17) is 23.2 Å². The molecule has 1 fully saturated rings. The van der Waals surface area contributed by atoms with Crippen molar-refractivity contribution in [2.24, 2.45) is 5.92 Å². The highest BCUT2D eigenvalue weighted by molar-refractivity contribution is 6.33. The highest BCUT2D eigenvalue weighted by Crippen LogP contribution is 2.44. The van der Waals surface area contributed by atoms with E-state index in [1.165, 1.54) is 29.6 Å². The second-order valence-electron chi connectivity index (χ2n) is 6.51. The van der Waals surface area contributed by atoms with Gasteiger partial charge in [-0.05, 0) is 59.2 Å². The standard InChI is InChI=1S/C21H19Cl2N/c22-18-8-9-21(23)17(12-18)13-24-11-10-19(15-4-2-1-3-5-15)20(14-24)16-6-7-16/h1-5,8-10,12,14,16H,6-7,11,13H2. The Labute approximate surface area is 153 Å². The molecule has 0 bridgehead atoms. The molecule has 3 heteroatoms. The SMILES string of the molecule is Clc1ccc(Cl)c(CN2C=C(C3CC3)C(c3ccccc3)=CC2)c1. The molecule has 24 heavy (non-hydrogen) atoms. The van der Waals surface area contributed by atoms with E-state index in [9.17, 15) is 0 Å². The molecule has 1 heterocycles. The maximum absolute atomic E-state index is 6.33. The average molecular weight is 356 g/mol. The maximum atomic E-state index is 6.33. The van der Waals surface area contributed by atoms with E-state index < -0.39 is 0 Å². The fraction of sp³-hybridized carbons (Fsp3) is 0.238. The summed E-state index contributed by atoms with van der Waals surface area (Å²) in [7, 11) is 0. The molecular formula is C21H19Cl2N. The van der Waals surface area contributed by atoms with Gasteiger partial charge in [0.2, 0.25) is 0 Å². The fourth-order valence-electron chi connectivity index (χ4n) is 3.26. The number of rotatable bonds is 4. The van der Waals surface area contributed by atoms with Gasteiger partial charge in [0.05, 0.1) is 0 Å². The van der Waals surface area contributed by atoms with Crippen molar-refractivity contribution < 1.29 is 0 Å². The van der Waals surface area contributed by atoms with Crippen LogP contribution < -0.4 is 0 Å². The molecule has 2 aromatic carbocycles. The van der Waals surface area contributed by atoms with Crippen LogP contribution in [0.25, 0.3) is 5.57 Å². The van der Waals surface area contributed by atoms with Gasteiger partial charge in [0.25, 0.3) is 0 Å². The van der Waals surface area contributed by atoms with Crippen LogP contribution in [0.4, 0.5) is 0 Å². The van der Waals surface area contributed by atoms with Crippen LogP contribution in [0.3, 0.4) is 0 Å². The maximum Gasteiger partial charge on any atom is 0.0456 e. The van der Waals surface area contributed by atoms with E-state index in [-0.39, 0.29) is 0 Å². The van der Waals surface area contributed by atoms with Crippen LogP contribution >= 0.6 is 23.2 Å². The molecule has 2 aliphatic rings. The molecular weight excluding hydrogens is 337 g/mol. The normalized spacial score (nSPS) is 17.5. The van der Waals surface area contributed by atoms with Crippen molar-refractivity contribution >= 4 is 28.8 Å². The van der Waals surface area contributed by atoms with Crippen LogP contribution in [0.15, 0.2) is 66.4 Å². The lowest BCUT2D eigenvalue weighted by atomic mass is 9.92. The van der Waals surface area contributed by atoms with E-state index in [0.717, 1.165) is 28.7 Å². The average Bonchev–Trinajstić information content (AvgIpc) is 3.44. The molecule has 1 nitrogen and oxygen atoms in total. The Morgan fingerprint density at radius 3 is 2.54 bits per heavy atom. The van der Waals surface area contributed by atoms with Gasteiger partial charge < -0.3 is 4.90 Å². The molecule has 0 atom stereocenters. The fourth-order valence-corrected chi connectivity index (χ4v) is 3.63. The van der Waals surface area contributed by atoms with Crippen LogP contribution in [-0.4, -0.2) is 11.4 Å². The molecule has 4 rings (SSSR count). The summed E-state index contributed by atoms with van der Waals surface area (Å²) >= 11 is 12.5. The number of allylic oxidation sites excluding steroid dienone is 2. The van der Waals surface area contributed by atoms with Gasteiger partial charge in [-0.15, -0.1) is 0 Å². The number of benzene rings is 2. The molecule has 0 saturated heterocycles. The zero-order chi connectivity index (χ0) is 16.5. The largest absolute Gasteiger partial charge is 0.369 e. The van der Waals surface area contributed by atoms with Crippen LogP contribution in [0.1, 0.15) is 24.0 Å². The van der Waals surface area contributed by atoms with Crippen LogP contribution in [0.2, 0.25) is 10.0 Å². The number of nitrogens with zero attached hydrogens (tertiary/aromatic N) is 1. The van der Waals surface area contributed by atoms with Crippen LogP contribution in [0, 0.1) is 5.92 Å². The summed E-state index contributed by atoms with van der Waals surface area (Å²) in [5.41, 5.74) is 5.25. The van der Waals surface area contributed by atoms with Gasteiger partial charge in [0.1, 0.15) is 0 Å². The summed E-state index contributed by atoms with van der Waals surface area (Å²) in [5, 5.41) is 1.51. The molecule has 1 saturated carbocycles. The van der Waals surface area contributed by atoms with E-state index in [2.05, 4.69) is 47.5 Å². The van der Waals surface area contributed by atoms with Gasteiger partial charge in [-0.1, -0.05) is 59.6 Å². The summed E-state index contributed by atoms with van der Waals surface area (Å²) in [6.07, 6.45) is 7.27. The molecule has 0 radical (unpaired) electrons. The first kappa shape index (κ1) is 15.8. The third-order valence-corrected chi connectivity index (χ3v) is 5.25. The minimum absolute atomic E-state index is 0.703. The van der Waals surface area contributed by atoms with Crippen molar-refractivity contribution in [1.29, 1.82) is 0 Å². The monoisotopic (exact) mass is 355 g/mol. The molecule has 0 N–H and O–H groups in total. The third kappa shape index (κ3) is 3.38. The van der Waals surface area contributed by atoms with Crippen molar-refractivity contribution in [2.75, 3.05) is 6.54 Å². The lowest BCUT2D eigenvalue weighted by Crippen LogP contribution is -2.22. The molecule has 1 aliphatic heterocycles. The van der Waals surface area contributed by atoms with Crippen molar-refractivity contribution in [3.05, 3.63) is 87.6 Å². The smallest absolute Gasteiger partial charge is 0.0456 e. The predicted octanol–water partition coefficient (Wildman–Crippen LogP) is 6.19. The quantitative estimate of drug-likeness (QED) is 0.632. The van der Waals surface area contributed by atoms with Gasteiger partial charge in [-0.2, -0.15) is 0 Å². The number of hydrogen-bond donors (Lipinski definition) is 0. The minimum atomic E-state index is 0.703. The molecule has 2 aromatic rings. The van der Waals surface area contributed by atoms with Gasteiger partial charge in [0, 0.05) is 29.3 Å². The van der Waals surface area contributed by atoms with Crippen LogP contribution in [0.5, 0.6) is 0 Å². The zero-order valence-corrected chi connectivity index (χ0v) is 14.9. The van der Waals surface area contributed by atoms with E-state index in [1.54, 1.807) is 0 Å². The van der Waals surface area contributed by atoms with E-state index in [1.807, 2.05) is 18.2 Å². The molecule has 0 aromatic heterocycles. The molecule has 0 amide bonds. The Kier molecular flexibility index (Phi) is 4.39. The second-order valence-corrected chi connectivity index (χ2v) is 7.35. The predicted molar refractivity (Wildman–Crippen MR) is 102 cm³/mol. The summed E-state index contributed by atoms with van der Waals surface area (Å²) in [6, 6.07) is 16.4. The summed E-state index contributed by atoms with van der Waals surface area (Å²) in [5.74, 6) is 0.703. The molecule has 0 spiro atoms. The van der Waals surface area contributed by atoms with Gasteiger partial charge >= 0.3 is 0 Å². The summed E-state index contributed by atoms with van der Waals surface area (Å²) < 4.78 is 0. The number of hydrogen-bond acceptors (Lipinski definition) is 1. The lowest BCUT2D eigenvalue weighted by molar-refractivity contribution is 0.401. The van der Waals surface area contributed by atoms with Crippen molar-refractivity contribution in [3.8, 4) is 0 Å². The third-order valence-electron chi connectivity index (χ3n) is 4.65. The zero-order valence-electron chi connectivity index (χ0n) is 13.4. The highest BCUT2D eigenvalue weighted by Gasteiger charge is 2.30. The highest BCUT2D eigenvalue weighted by atomic mass is 35.5.